The fraction of sp³-hybridized carbons (Fsp3) is 0.889. The summed E-state index contributed by atoms with van der Waals surface area (Å²) in [6, 6.07) is 0. The highest BCUT2D eigenvalue weighted by Gasteiger charge is 2.15. The molecule has 1 atom stereocenters. The molecule has 0 fully saturated rings. The predicted molar refractivity (Wildman–Crippen MR) is 45.3 cm³/mol. The molecule has 0 radical (unpaired) electrons. The zero-order valence-corrected chi connectivity index (χ0v) is 7.89. The molecule has 0 saturated carbocycles. The molecule has 0 spiro atoms. The Bertz CT molecular complexity index is 117. The van der Waals surface area contributed by atoms with Gasteiger partial charge in [-0.3, -0.25) is 4.79 Å². The minimum Gasteiger partial charge on any atom is -0.463 e. The normalized spacial score (nSPS) is 13.2. The number of esters is 1. The first-order valence-electron chi connectivity index (χ1n) is 4.29. The highest BCUT2D eigenvalue weighted by Crippen LogP contribution is 2.15. The Morgan fingerprint density at radius 2 is 1.82 bits per heavy atom. The van der Waals surface area contributed by atoms with Crippen LogP contribution in [0.3, 0.4) is 0 Å². The Morgan fingerprint density at radius 3 is 2.09 bits per heavy atom. The van der Waals surface area contributed by atoms with Gasteiger partial charge in [0, 0.05) is 6.92 Å². The van der Waals surface area contributed by atoms with Gasteiger partial charge in [0.1, 0.15) is 6.10 Å². The minimum absolute atomic E-state index is 0.0718. The lowest BCUT2D eigenvalue weighted by Crippen LogP contribution is -2.21. The SMILES string of the molecule is CCC(CC)C(C)OC(C)=O. The van der Waals surface area contributed by atoms with Crippen LogP contribution in [0, 0.1) is 5.92 Å². The molecule has 0 aliphatic carbocycles. The first-order chi connectivity index (χ1) is 5.11. The van der Waals surface area contributed by atoms with Gasteiger partial charge in [-0.15, -0.1) is 0 Å². The van der Waals surface area contributed by atoms with Crippen LogP contribution in [0.4, 0.5) is 0 Å². The smallest absolute Gasteiger partial charge is 0.302 e. The molecule has 0 N–H and O–H groups in total. The molecule has 2 nitrogen and oxygen atoms in total. The summed E-state index contributed by atoms with van der Waals surface area (Å²) >= 11 is 0. The van der Waals surface area contributed by atoms with Gasteiger partial charge in [-0.05, 0) is 25.7 Å². The molecule has 0 bridgehead atoms. The van der Waals surface area contributed by atoms with Gasteiger partial charge in [-0.1, -0.05) is 13.8 Å². The van der Waals surface area contributed by atoms with Gasteiger partial charge < -0.3 is 4.74 Å². The van der Waals surface area contributed by atoms with Crippen molar-refractivity contribution < 1.29 is 9.53 Å². The number of carbonyl (C=O) groups is 1. The van der Waals surface area contributed by atoms with Crippen molar-refractivity contribution in [1.29, 1.82) is 0 Å². The van der Waals surface area contributed by atoms with Crippen LogP contribution >= 0.6 is 0 Å². The fourth-order valence-electron chi connectivity index (χ4n) is 1.31. The molecule has 0 aliphatic heterocycles. The molecule has 66 valence electrons. The molecule has 2 heteroatoms. The summed E-state index contributed by atoms with van der Waals surface area (Å²) < 4.78 is 5.06. The van der Waals surface area contributed by atoms with Gasteiger partial charge in [0.15, 0.2) is 0 Å². The van der Waals surface area contributed by atoms with E-state index in [1.807, 2.05) is 6.92 Å². The summed E-state index contributed by atoms with van der Waals surface area (Å²) in [5, 5.41) is 0. The van der Waals surface area contributed by atoms with Crippen molar-refractivity contribution in [2.45, 2.75) is 46.6 Å². The van der Waals surface area contributed by atoms with Gasteiger partial charge in [-0.2, -0.15) is 0 Å². The van der Waals surface area contributed by atoms with Crippen LogP contribution in [-0.2, 0) is 9.53 Å². The molecule has 0 rings (SSSR count). The lowest BCUT2D eigenvalue weighted by atomic mass is 9.98. The molecule has 0 heterocycles. The lowest BCUT2D eigenvalue weighted by Gasteiger charge is -2.20. The van der Waals surface area contributed by atoms with Crippen LogP contribution in [0.5, 0.6) is 0 Å². The molecule has 0 amide bonds. The van der Waals surface area contributed by atoms with Gasteiger partial charge >= 0.3 is 5.97 Å². The Kier molecular flexibility index (Phi) is 4.92. The molecular weight excluding hydrogens is 140 g/mol. The summed E-state index contributed by atoms with van der Waals surface area (Å²) in [7, 11) is 0. The quantitative estimate of drug-likeness (QED) is 0.587. The fourth-order valence-corrected chi connectivity index (χ4v) is 1.31. The van der Waals surface area contributed by atoms with Crippen molar-refractivity contribution in [2.24, 2.45) is 5.92 Å². The number of hydrogen-bond acceptors (Lipinski definition) is 2. The maximum Gasteiger partial charge on any atom is 0.302 e. The first kappa shape index (κ1) is 10.5. The summed E-state index contributed by atoms with van der Waals surface area (Å²) in [5.41, 5.74) is 0. The van der Waals surface area contributed by atoms with Crippen molar-refractivity contribution in [2.75, 3.05) is 0 Å². The van der Waals surface area contributed by atoms with E-state index in [1.54, 1.807) is 0 Å². The summed E-state index contributed by atoms with van der Waals surface area (Å²) in [5.74, 6) is 0.336. The Balaban J connectivity index is 3.78. The third-order valence-corrected chi connectivity index (χ3v) is 2.06. The van der Waals surface area contributed by atoms with Crippen molar-refractivity contribution in [3.05, 3.63) is 0 Å². The van der Waals surface area contributed by atoms with Crippen LogP contribution in [0.25, 0.3) is 0 Å². The van der Waals surface area contributed by atoms with E-state index in [2.05, 4.69) is 13.8 Å². The van der Waals surface area contributed by atoms with Gasteiger partial charge in [-0.25, -0.2) is 0 Å². The average Bonchev–Trinajstić information content (AvgIpc) is 1.88. The largest absolute Gasteiger partial charge is 0.463 e. The first-order valence-corrected chi connectivity index (χ1v) is 4.29. The highest BCUT2D eigenvalue weighted by molar-refractivity contribution is 5.66. The molecule has 11 heavy (non-hydrogen) atoms. The van der Waals surface area contributed by atoms with Crippen LogP contribution < -0.4 is 0 Å². The van der Waals surface area contributed by atoms with Crippen LogP contribution in [0.1, 0.15) is 40.5 Å². The standard InChI is InChI=1S/C9H18O2/c1-5-9(6-2)7(3)11-8(4)10/h7,9H,5-6H2,1-4H3. The van der Waals surface area contributed by atoms with Crippen molar-refractivity contribution >= 4 is 5.97 Å². The van der Waals surface area contributed by atoms with E-state index in [-0.39, 0.29) is 12.1 Å². The number of hydrogen-bond donors (Lipinski definition) is 0. The van der Waals surface area contributed by atoms with E-state index >= 15 is 0 Å². The number of rotatable bonds is 4. The second-order valence-electron chi connectivity index (χ2n) is 2.89. The second kappa shape index (κ2) is 5.16. The molecule has 0 aromatic heterocycles. The van der Waals surface area contributed by atoms with E-state index < -0.39 is 0 Å². The minimum atomic E-state index is -0.176. The number of carbonyl (C=O) groups excluding carboxylic acids is 1. The zero-order valence-electron chi connectivity index (χ0n) is 7.89. The maximum absolute atomic E-state index is 10.6. The molecule has 0 aromatic carbocycles. The summed E-state index contributed by atoms with van der Waals surface area (Å²) in [4.78, 5) is 10.6. The second-order valence-corrected chi connectivity index (χ2v) is 2.89. The van der Waals surface area contributed by atoms with Gasteiger partial charge in [0.25, 0.3) is 0 Å². The van der Waals surface area contributed by atoms with Gasteiger partial charge in [0.05, 0.1) is 0 Å². The topological polar surface area (TPSA) is 26.3 Å². The summed E-state index contributed by atoms with van der Waals surface area (Å²) in [6.45, 7) is 7.65. The van der Waals surface area contributed by atoms with E-state index in [0.717, 1.165) is 12.8 Å². The molecular formula is C9H18O2. The molecule has 0 saturated heterocycles. The van der Waals surface area contributed by atoms with E-state index in [0.29, 0.717) is 5.92 Å². The number of ether oxygens (including phenoxy) is 1. The van der Waals surface area contributed by atoms with E-state index in [1.165, 1.54) is 6.92 Å². The van der Waals surface area contributed by atoms with E-state index in [9.17, 15) is 4.79 Å². The molecule has 0 aromatic rings. The van der Waals surface area contributed by atoms with Crippen LogP contribution in [0.2, 0.25) is 0 Å². The Morgan fingerprint density at radius 1 is 1.36 bits per heavy atom. The monoisotopic (exact) mass is 158 g/mol. The van der Waals surface area contributed by atoms with E-state index in [4.69, 9.17) is 4.74 Å². The van der Waals surface area contributed by atoms with Crippen molar-refractivity contribution in [1.82, 2.24) is 0 Å². The molecule has 1 unspecified atom stereocenters. The lowest BCUT2D eigenvalue weighted by molar-refractivity contribution is -0.148. The molecule has 0 aliphatic rings. The summed E-state index contributed by atoms with van der Waals surface area (Å²) in [6.07, 6.45) is 2.22. The van der Waals surface area contributed by atoms with Crippen molar-refractivity contribution in [3.8, 4) is 0 Å². The van der Waals surface area contributed by atoms with Crippen LogP contribution in [0.15, 0.2) is 0 Å². The third-order valence-electron chi connectivity index (χ3n) is 2.06. The zero-order chi connectivity index (χ0) is 8.85. The third kappa shape index (κ3) is 4.02. The van der Waals surface area contributed by atoms with Crippen LogP contribution in [-0.4, -0.2) is 12.1 Å². The Labute approximate surface area is 68.9 Å². The maximum atomic E-state index is 10.6. The average molecular weight is 158 g/mol. The van der Waals surface area contributed by atoms with Gasteiger partial charge in [0.2, 0.25) is 0 Å². The predicted octanol–water partition coefficient (Wildman–Crippen LogP) is 2.37. The Hall–Kier alpha value is -0.530. The highest BCUT2D eigenvalue weighted by atomic mass is 16.5. The van der Waals surface area contributed by atoms with Crippen molar-refractivity contribution in [3.63, 3.8) is 0 Å².